The fourth-order valence-electron chi connectivity index (χ4n) is 3.24. The Kier molecular flexibility index (Phi) is 3.58. The molecule has 1 amide bonds. The Balaban J connectivity index is 1.31. The van der Waals surface area contributed by atoms with E-state index in [0.29, 0.717) is 17.6 Å². The van der Waals surface area contributed by atoms with Gasteiger partial charge >= 0.3 is 0 Å². The Bertz CT molecular complexity index is 810. The number of nitrogens with zero attached hydrogens (tertiary/aromatic N) is 1. The van der Waals surface area contributed by atoms with Crippen LogP contribution in [-0.2, 0) is 4.79 Å². The van der Waals surface area contributed by atoms with Crippen molar-refractivity contribution in [2.75, 3.05) is 6.61 Å². The van der Waals surface area contributed by atoms with E-state index >= 15 is 0 Å². The molecule has 2 aromatic rings. The van der Waals surface area contributed by atoms with Crippen LogP contribution in [-0.4, -0.2) is 18.2 Å². The lowest BCUT2D eigenvalue weighted by Gasteiger charge is -2.31. The SMILES string of the molecule is O=C(COc1ccc2ccccc2c1)NN=C1CC2C=CCC12. The topological polar surface area (TPSA) is 50.7 Å². The predicted octanol–water partition coefficient (Wildman–Crippen LogP) is 3.29. The van der Waals surface area contributed by atoms with Crippen molar-refractivity contribution in [1.29, 1.82) is 0 Å². The van der Waals surface area contributed by atoms with E-state index in [1.807, 2.05) is 42.5 Å². The monoisotopic (exact) mass is 306 g/mol. The van der Waals surface area contributed by atoms with E-state index in [-0.39, 0.29) is 12.5 Å². The molecule has 2 aromatic carbocycles. The lowest BCUT2D eigenvalue weighted by Crippen LogP contribution is -2.36. The highest BCUT2D eigenvalue weighted by atomic mass is 16.5. The zero-order valence-corrected chi connectivity index (χ0v) is 12.7. The van der Waals surface area contributed by atoms with Crippen LogP contribution < -0.4 is 10.2 Å². The normalized spacial score (nSPS) is 23.6. The average Bonchev–Trinajstić information content (AvgIpc) is 2.94. The van der Waals surface area contributed by atoms with Crippen LogP contribution >= 0.6 is 0 Å². The van der Waals surface area contributed by atoms with Crippen molar-refractivity contribution in [1.82, 2.24) is 5.43 Å². The van der Waals surface area contributed by atoms with Gasteiger partial charge in [-0.05, 0) is 41.7 Å². The van der Waals surface area contributed by atoms with Crippen molar-refractivity contribution in [3.8, 4) is 5.75 Å². The first-order chi connectivity index (χ1) is 11.3. The molecule has 4 rings (SSSR count). The van der Waals surface area contributed by atoms with Gasteiger partial charge in [0.15, 0.2) is 6.61 Å². The molecule has 2 aliphatic carbocycles. The Morgan fingerprint density at radius 1 is 1.22 bits per heavy atom. The molecule has 1 saturated carbocycles. The maximum Gasteiger partial charge on any atom is 0.277 e. The highest BCUT2D eigenvalue weighted by Gasteiger charge is 2.37. The molecule has 0 saturated heterocycles. The smallest absolute Gasteiger partial charge is 0.277 e. The molecule has 1 fully saturated rings. The number of hydrazone groups is 1. The number of benzene rings is 2. The van der Waals surface area contributed by atoms with Gasteiger partial charge in [-0.15, -0.1) is 0 Å². The second-order valence-electron chi connectivity index (χ2n) is 6.07. The van der Waals surface area contributed by atoms with Crippen molar-refractivity contribution < 1.29 is 9.53 Å². The number of ether oxygens (including phenoxy) is 1. The van der Waals surface area contributed by atoms with Crippen LogP contribution in [0.25, 0.3) is 10.8 Å². The highest BCUT2D eigenvalue weighted by molar-refractivity contribution is 5.95. The first-order valence-corrected chi connectivity index (χ1v) is 7.93. The Morgan fingerprint density at radius 3 is 2.96 bits per heavy atom. The molecule has 4 heteroatoms. The third-order valence-corrected chi connectivity index (χ3v) is 4.58. The minimum atomic E-state index is -0.222. The van der Waals surface area contributed by atoms with Gasteiger partial charge in [0.05, 0.1) is 0 Å². The summed E-state index contributed by atoms with van der Waals surface area (Å²) in [5, 5.41) is 6.48. The average molecular weight is 306 g/mol. The van der Waals surface area contributed by atoms with Gasteiger partial charge in [0.25, 0.3) is 5.91 Å². The third-order valence-electron chi connectivity index (χ3n) is 4.58. The number of nitrogens with one attached hydrogen (secondary N) is 1. The van der Waals surface area contributed by atoms with Crippen LogP contribution in [0.15, 0.2) is 59.7 Å². The largest absolute Gasteiger partial charge is 0.484 e. The van der Waals surface area contributed by atoms with Gasteiger partial charge in [-0.1, -0.05) is 42.5 Å². The van der Waals surface area contributed by atoms with E-state index in [1.165, 1.54) is 0 Å². The molecule has 0 heterocycles. The molecular weight excluding hydrogens is 288 g/mol. The summed E-state index contributed by atoms with van der Waals surface area (Å²) in [6.45, 7) is -0.0263. The van der Waals surface area contributed by atoms with Crippen LogP contribution in [0, 0.1) is 11.8 Å². The molecule has 0 spiro atoms. The summed E-state index contributed by atoms with van der Waals surface area (Å²) in [6, 6.07) is 13.9. The van der Waals surface area contributed by atoms with Crippen molar-refractivity contribution in [2.24, 2.45) is 16.9 Å². The second kappa shape index (κ2) is 5.88. The predicted molar refractivity (Wildman–Crippen MR) is 90.4 cm³/mol. The molecule has 116 valence electrons. The van der Waals surface area contributed by atoms with E-state index in [2.05, 4.69) is 22.7 Å². The zero-order valence-electron chi connectivity index (χ0n) is 12.7. The number of hydrogen-bond acceptors (Lipinski definition) is 3. The number of allylic oxidation sites excluding steroid dienone is 2. The van der Waals surface area contributed by atoms with Gasteiger partial charge < -0.3 is 4.74 Å². The maximum atomic E-state index is 11.9. The minimum Gasteiger partial charge on any atom is -0.484 e. The molecule has 1 N–H and O–H groups in total. The van der Waals surface area contributed by atoms with Gasteiger partial charge in [-0.2, -0.15) is 5.10 Å². The molecule has 23 heavy (non-hydrogen) atoms. The van der Waals surface area contributed by atoms with Gasteiger partial charge in [0.2, 0.25) is 0 Å². The van der Waals surface area contributed by atoms with Crippen LogP contribution in [0.5, 0.6) is 5.75 Å². The van der Waals surface area contributed by atoms with Gasteiger partial charge in [-0.3, -0.25) is 4.79 Å². The lowest BCUT2D eigenvalue weighted by atomic mass is 9.74. The van der Waals surface area contributed by atoms with E-state index in [9.17, 15) is 4.79 Å². The Labute approximate surface area is 134 Å². The Hall–Kier alpha value is -2.62. The van der Waals surface area contributed by atoms with E-state index < -0.39 is 0 Å². The van der Waals surface area contributed by atoms with Gasteiger partial charge in [0.1, 0.15) is 5.75 Å². The molecule has 0 bridgehead atoms. The van der Waals surface area contributed by atoms with Crippen LogP contribution in [0.1, 0.15) is 12.8 Å². The van der Waals surface area contributed by atoms with E-state index in [4.69, 9.17) is 4.74 Å². The van der Waals surface area contributed by atoms with E-state index in [0.717, 1.165) is 29.3 Å². The lowest BCUT2D eigenvalue weighted by molar-refractivity contribution is -0.123. The van der Waals surface area contributed by atoms with Crippen LogP contribution in [0.2, 0.25) is 0 Å². The number of rotatable bonds is 4. The third kappa shape index (κ3) is 2.84. The first kappa shape index (κ1) is 14.0. The summed E-state index contributed by atoms with van der Waals surface area (Å²) in [7, 11) is 0. The van der Waals surface area contributed by atoms with Gasteiger partial charge in [0, 0.05) is 11.6 Å². The molecule has 0 aromatic heterocycles. The van der Waals surface area contributed by atoms with Crippen molar-refractivity contribution >= 4 is 22.4 Å². The molecule has 2 atom stereocenters. The minimum absolute atomic E-state index is 0.0263. The van der Waals surface area contributed by atoms with E-state index in [1.54, 1.807) is 0 Å². The fourth-order valence-corrected chi connectivity index (χ4v) is 3.24. The number of hydrogen-bond donors (Lipinski definition) is 1. The molecule has 4 nitrogen and oxygen atoms in total. The summed E-state index contributed by atoms with van der Waals surface area (Å²) < 4.78 is 5.55. The summed E-state index contributed by atoms with van der Waals surface area (Å²) in [4.78, 5) is 11.9. The van der Waals surface area contributed by atoms with Gasteiger partial charge in [-0.25, -0.2) is 5.43 Å². The quantitative estimate of drug-likeness (QED) is 0.696. The maximum absolute atomic E-state index is 11.9. The first-order valence-electron chi connectivity index (χ1n) is 7.93. The number of carbonyl (C=O) groups excluding carboxylic acids is 1. The van der Waals surface area contributed by atoms with Crippen LogP contribution in [0.3, 0.4) is 0 Å². The summed E-state index contributed by atoms with van der Waals surface area (Å²) in [5.41, 5.74) is 3.70. The molecule has 2 aliphatic rings. The zero-order chi connectivity index (χ0) is 15.6. The molecule has 0 aliphatic heterocycles. The van der Waals surface area contributed by atoms with Crippen molar-refractivity contribution in [2.45, 2.75) is 12.8 Å². The number of fused-ring (bicyclic) bond motifs is 2. The fraction of sp³-hybridized carbons (Fsp3) is 0.263. The molecular formula is C19H18N2O2. The van der Waals surface area contributed by atoms with Crippen molar-refractivity contribution in [3.63, 3.8) is 0 Å². The molecule has 0 radical (unpaired) electrons. The highest BCUT2D eigenvalue weighted by Crippen LogP contribution is 2.40. The second-order valence-corrected chi connectivity index (χ2v) is 6.07. The summed E-state index contributed by atoms with van der Waals surface area (Å²) in [5.74, 6) is 1.62. The Morgan fingerprint density at radius 2 is 2.09 bits per heavy atom. The summed E-state index contributed by atoms with van der Waals surface area (Å²) in [6.07, 6.45) is 6.46. The number of carbonyl (C=O) groups is 1. The summed E-state index contributed by atoms with van der Waals surface area (Å²) >= 11 is 0. The molecule has 2 unspecified atom stereocenters. The van der Waals surface area contributed by atoms with Crippen LogP contribution in [0.4, 0.5) is 0 Å². The standard InChI is InChI=1S/C19H18N2O2/c22-19(21-20-18-11-15-6-3-7-17(15)18)12-23-16-9-8-13-4-1-2-5-14(13)10-16/h1-6,8-10,15,17H,7,11-12H2,(H,21,22). The number of amides is 1. The van der Waals surface area contributed by atoms with Crippen molar-refractivity contribution in [3.05, 3.63) is 54.6 Å².